The van der Waals surface area contributed by atoms with Crippen LogP contribution in [0.3, 0.4) is 0 Å². The van der Waals surface area contributed by atoms with Crippen molar-refractivity contribution in [1.82, 2.24) is 0 Å². The minimum absolute atomic E-state index is 0.0521. The molecule has 0 aliphatic carbocycles. The number of benzene rings is 3. The number of rotatable bonds is 7. The Morgan fingerprint density at radius 2 is 1.69 bits per heavy atom. The van der Waals surface area contributed by atoms with E-state index in [0.29, 0.717) is 16.5 Å². The van der Waals surface area contributed by atoms with E-state index in [9.17, 15) is 8.78 Å². The highest BCUT2D eigenvalue weighted by Gasteiger charge is 2.02. The third-order valence-electron chi connectivity index (χ3n) is 3.78. The average molecular weight is 411 g/mol. The van der Waals surface area contributed by atoms with Crippen molar-refractivity contribution in [1.29, 1.82) is 0 Å². The summed E-state index contributed by atoms with van der Waals surface area (Å²) in [6.45, 7) is 0.0521. The Morgan fingerprint density at radius 1 is 0.931 bits per heavy atom. The molecule has 0 bridgehead atoms. The zero-order valence-corrected chi connectivity index (χ0v) is 16.3. The molecule has 4 nitrogen and oxygen atoms in total. The van der Waals surface area contributed by atoms with Crippen molar-refractivity contribution < 1.29 is 13.5 Å². The maximum atomic E-state index is 13.2. The molecule has 2 N–H and O–H groups in total. The molecule has 0 saturated carbocycles. The van der Waals surface area contributed by atoms with Gasteiger partial charge in [-0.1, -0.05) is 54.2 Å². The largest absolute Gasteiger partial charge is 0.489 e. The number of hydrogen-bond acceptors (Lipinski definition) is 4. The normalized spacial score (nSPS) is 11.7. The van der Waals surface area contributed by atoms with Crippen LogP contribution in [0.2, 0.25) is 0 Å². The third-order valence-corrected chi connectivity index (χ3v) is 4.63. The van der Waals surface area contributed by atoms with E-state index in [1.807, 2.05) is 36.4 Å². The van der Waals surface area contributed by atoms with Crippen molar-refractivity contribution in [2.75, 3.05) is 0 Å². The Morgan fingerprint density at radius 3 is 2.45 bits per heavy atom. The molecule has 0 unspecified atom stereocenters. The van der Waals surface area contributed by atoms with Gasteiger partial charge in [0.1, 0.15) is 24.0 Å². The highest BCUT2D eigenvalue weighted by molar-refractivity contribution is 8.13. The molecule has 0 fully saturated rings. The van der Waals surface area contributed by atoms with Crippen LogP contribution in [0.15, 0.2) is 83.0 Å². The van der Waals surface area contributed by atoms with Gasteiger partial charge in [-0.25, -0.2) is 8.78 Å². The van der Waals surface area contributed by atoms with Crippen LogP contribution in [0.25, 0.3) is 0 Å². The first-order chi connectivity index (χ1) is 14.1. The molecule has 0 radical (unpaired) electrons. The molecule has 29 heavy (non-hydrogen) atoms. The van der Waals surface area contributed by atoms with Gasteiger partial charge in [0.2, 0.25) is 0 Å². The fourth-order valence-electron chi connectivity index (χ4n) is 2.46. The summed E-state index contributed by atoms with van der Waals surface area (Å²) in [5.41, 5.74) is 8.19. The number of ether oxygens (including phenoxy) is 1. The van der Waals surface area contributed by atoms with Crippen molar-refractivity contribution >= 4 is 23.1 Å². The Bertz CT molecular complexity index is 990. The lowest BCUT2D eigenvalue weighted by molar-refractivity contribution is 0.305. The van der Waals surface area contributed by atoms with E-state index < -0.39 is 11.6 Å². The van der Waals surface area contributed by atoms with E-state index in [2.05, 4.69) is 10.2 Å². The van der Waals surface area contributed by atoms with Crippen molar-refractivity contribution in [3.8, 4) is 5.75 Å². The number of thioether (sulfide) groups is 1. The molecule has 0 heterocycles. The fourth-order valence-corrected chi connectivity index (χ4v) is 3.07. The van der Waals surface area contributed by atoms with Gasteiger partial charge in [-0.3, -0.25) is 0 Å². The summed E-state index contributed by atoms with van der Waals surface area (Å²) in [5, 5.41) is 8.34. The highest BCUT2D eigenvalue weighted by Crippen LogP contribution is 2.16. The van der Waals surface area contributed by atoms with Crippen molar-refractivity contribution in [2.45, 2.75) is 12.4 Å². The van der Waals surface area contributed by atoms with E-state index >= 15 is 0 Å². The van der Waals surface area contributed by atoms with Crippen LogP contribution in [0, 0.1) is 11.6 Å². The SMILES string of the molecule is NC(=NN=Cc1cccc(OCc2cc(F)cc(F)c2)c1)SCc1ccccc1. The van der Waals surface area contributed by atoms with Gasteiger partial charge < -0.3 is 10.5 Å². The zero-order chi connectivity index (χ0) is 20.5. The van der Waals surface area contributed by atoms with Gasteiger partial charge in [0.05, 0.1) is 6.21 Å². The summed E-state index contributed by atoms with van der Waals surface area (Å²) in [6.07, 6.45) is 1.56. The Hall–Kier alpha value is -3.19. The average Bonchev–Trinajstić information content (AvgIpc) is 2.71. The molecule has 0 saturated heterocycles. The van der Waals surface area contributed by atoms with Crippen LogP contribution < -0.4 is 10.5 Å². The van der Waals surface area contributed by atoms with Crippen LogP contribution in [-0.2, 0) is 12.4 Å². The standard InChI is InChI=1S/C22H19F2N3OS/c23-19-9-18(10-20(24)12-19)14-28-21-8-4-7-17(11-21)13-26-27-22(25)29-15-16-5-2-1-3-6-16/h1-13H,14-15H2,(H2,25,27). The van der Waals surface area contributed by atoms with Crippen molar-refractivity contribution in [2.24, 2.45) is 15.9 Å². The lowest BCUT2D eigenvalue weighted by atomic mass is 10.2. The van der Waals surface area contributed by atoms with Gasteiger partial charge in [0.25, 0.3) is 0 Å². The second-order valence-corrected chi connectivity index (χ2v) is 7.09. The molecule has 0 atom stereocenters. The van der Waals surface area contributed by atoms with E-state index in [0.717, 1.165) is 22.9 Å². The smallest absolute Gasteiger partial charge is 0.180 e. The quantitative estimate of drug-likeness (QED) is 0.333. The first-order valence-electron chi connectivity index (χ1n) is 8.79. The lowest BCUT2D eigenvalue weighted by Gasteiger charge is -2.07. The summed E-state index contributed by atoms with van der Waals surface area (Å²) in [4.78, 5) is 0. The molecule has 0 aliphatic heterocycles. The molecule has 0 aliphatic rings. The maximum Gasteiger partial charge on any atom is 0.180 e. The Balaban J connectivity index is 1.54. The predicted molar refractivity (Wildman–Crippen MR) is 114 cm³/mol. The van der Waals surface area contributed by atoms with Crippen molar-refractivity contribution in [3.05, 3.63) is 101 Å². The minimum atomic E-state index is -0.634. The monoisotopic (exact) mass is 411 g/mol. The molecule has 3 aromatic rings. The molecular weight excluding hydrogens is 392 g/mol. The van der Waals surface area contributed by atoms with E-state index in [4.69, 9.17) is 10.5 Å². The van der Waals surface area contributed by atoms with E-state index in [-0.39, 0.29) is 6.61 Å². The topological polar surface area (TPSA) is 60.0 Å². The van der Waals surface area contributed by atoms with Gasteiger partial charge in [0, 0.05) is 11.8 Å². The summed E-state index contributed by atoms with van der Waals surface area (Å²) < 4.78 is 32.1. The van der Waals surface area contributed by atoms with E-state index in [1.165, 1.54) is 23.9 Å². The zero-order valence-electron chi connectivity index (χ0n) is 15.5. The van der Waals surface area contributed by atoms with Gasteiger partial charge in [-0.05, 0) is 41.0 Å². The summed E-state index contributed by atoms with van der Waals surface area (Å²) in [5.74, 6) is -0.000421. The van der Waals surface area contributed by atoms with Crippen LogP contribution in [0.4, 0.5) is 8.78 Å². The second kappa shape index (κ2) is 10.4. The molecular formula is C22H19F2N3OS. The molecule has 3 rings (SSSR count). The van der Waals surface area contributed by atoms with Gasteiger partial charge >= 0.3 is 0 Å². The molecule has 148 valence electrons. The lowest BCUT2D eigenvalue weighted by Crippen LogP contribution is -2.06. The summed E-state index contributed by atoms with van der Waals surface area (Å²) >= 11 is 1.40. The number of nitrogens with two attached hydrogens (primary N) is 1. The van der Waals surface area contributed by atoms with Crippen LogP contribution >= 0.6 is 11.8 Å². The van der Waals surface area contributed by atoms with Crippen molar-refractivity contribution in [3.63, 3.8) is 0 Å². The highest BCUT2D eigenvalue weighted by atomic mass is 32.2. The summed E-state index contributed by atoms with van der Waals surface area (Å²) in [7, 11) is 0. The first kappa shape index (κ1) is 20.5. The number of amidine groups is 1. The van der Waals surface area contributed by atoms with E-state index in [1.54, 1.807) is 24.4 Å². The van der Waals surface area contributed by atoms with Gasteiger partial charge in [0.15, 0.2) is 5.17 Å². The Kier molecular flexibility index (Phi) is 7.35. The number of halogens is 2. The van der Waals surface area contributed by atoms with Crippen LogP contribution in [0.5, 0.6) is 5.75 Å². The Labute approximate surface area is 172 Å². The molecule has 7 heteroatoms. The predicted octanol–water partition coefficient (Wildman–Crippen LogP) is 5.13. The molecule has 0 amide bonds. The molecule has 3 aromatic carbocycles. The fraction of sp³-hybridized carbons (Fsp3) is 0.0909. The minimum Gasteiger partial charge on any atom is -0.489 e. The molecule has 0 aromatic heterocycles. The third kappa shape index (κ3) is 7.04. The van der Waals surface area contributed by atoms with Crippen LogP contribution in [-0.4, -0.2) is 11.4 Å². The van der Waals surface area contributed by atoms with Gasteiger partial charge in [-0.15, -0.1) is 5.10 Å². The maximum absolute atomic E-state index is 13.2. The second-order valence-electron chi connectivity index (χ2n) is 6.10. The van der Waals surface area contributed by atoms with Gasteiger partial charge in [-0.2, -0.15) is 5.10 Å². The number of nitrogens with zero attached hydrogens (tertiary/aromatic N) is 2. The summed E-state index contributed by atoms with van der Waals surface area (Å²) in [6, 6.07) is 20.4. The first-order valence-corrected chi connectivity index (χ1v) is 9.78. The number of hydrogen-bond donors (Lipinski definition) is 1. The van der Waals surface area contributed by atoms with Crippen LogP contribution in [0.1, 0.15) is 16.7 Å². The molecule has 0 spiro atoms.